The van der Waals surface area contributed by atoms with Crippen molar-refractivity contribution in [3.05, 3.63) is 29.8 Å². The Balaban J connectivity index is 2.56. The molecular formula is C15H24N2O2. The van der Waals surface area contributed by atoms with Gasteiger partial charge in [0.25, 0.3) is 0 Å². The number of rotatable bonds is 7. The second-order valence-corrected chi connectivity index (χ2v) is 5.17. The Morgan fingerprint density at radius 3 is 2.42 bits per heavy atom. The Morgan fingerprint density at radius 2 is 1.89 bits per heavy atom. The molecule has 0 heterocycles. The summed E-state index contributed by atoms with van der Waals surface area (Å²) < 4.78 is 5.15. The van der Waals surface area contributed by atoms with E-state index in [1.165, 1.54) is 5.56 Å². The minimum atomic E-state index is -0.103. The zero-order valence-corrected chi connectivity index (χ0v) is 12.2. The maximum atomic E-state index is 11.6. The molecule has 19 heavy (non-hydrogen) atoms. The second kappa shape index (κ2) is 7.14. The summed E-state index contributed by atoms with van der Waals surface area (Å²) in [5.74, 6) is 0.874. The van der Waals surface area contributed by atoms with Gasteiger partial charge >= 0.3 is 0 Å². The molecule has 0 spiro atoms. The smallest absolute Gasteiger partial charge is 0.233 e. The summed E-state index contributed by atoms with van der Waals surface area (Å²) in [6.45, 7) is 7.99. The van der Waals surface area contributed by atoms with Crippen LogP contribution in [0.4, 0.5) is 0 Å². The third-order valence-electron chi connectivity index (χ3n) is 3.13. The van der Waals surface area contributed by atoms with Gasteiger partial charge in [-0.1, -0.05) is 32.9 Å². The monoisotopic (exact) mass is 264 g/mol. The lowest BCUT2D eigenvalue weighted by molar-refractivity contribution is -0.120. The van der Waals surface area contributed by atoms with Gasteiger partial charge in [-0.2, -0.15) is 0 Å². The number of methoxy groups -OCH3 is 1. The lowest BCUT2D eigenvalue weighted by atomic mass is 9.84. The lowest BCUT2D eigenvalue weighted by Gasteiger charge is -2.26. The van der Waals surface area contributed by atoms with E-state index in [2.05, 4.69) is 24.5 Å². The maximum absolute atomic E-state index is 11.6. The van der Waals surface area contributed by atoms with Gasteiger partial charge in [0.05, 0.1) is 13.7 Å². The second-order valence-electron chi connectivity index (χ2n) is 5.17. The molecular weight excluding hydrogens is 240 g/mol. The van der Waals surface area contributed by atoms with E-state index in [0.717, 1.165) is 12.3 Å². The number of benzene rings is 1. The summed E-state index contributed by atoms with van der Waals surface area (Å²) in [5, 5.41) is 5.96. The van der Waals surface area contributed by atoms with Crippen molar-refractivity contribution in [2.75, 3.05) is 26.7 Å². The fourth-order valence-corrected chi connectivity index (χ4v) is 1.76. The van der Waals surface area contributed by atoms with Gasteiger partial charge in [-0.15, -0.1) is 0 Å². The fourth-order valence-electron chi connectivity index (χ4n) is 1.76. The third kappa shape index (κ3) is 4.91. The van der Waals surface area contributed by atoms with Gasteiger partial charge in [-0.05, 0) is 24.2 Å². The van der Waals surface area contributed by atoms with Crippen molar-refractivity contribution in [1.29, 1.82) is 0 Å². The number of nitrogens with one attached hydrogen (secondary N) is 2. The summed E-state index contributed by atoms with van der Waals surface area (Å²) in [4.78, 5) is 11.6. The molecule has 0 saturated carbocycles. The number of hydrogen-bond acceptors (Lipinski definition) is 3. The van der Waals surface area contributed by atoms with Crippen LogP contribution >= 0.6 is 0 Å². The van der Waals surface area contributed by atoms with Gasteiger partial charge in [0.15, 0.2) is 0 Å². The van der Waals surface area contributed by atoms with Crippen LogP contribution in [0.15, 0.2) is 24.3 Å². The highest BCUT2D eigenvalue weighted by atomic mass is 16.5. The Labute approximate surface area is 115 Å². The number of amides is 1. The van der Waals surface area contributed by atoms with Crippen LogP contribution in [0.5, 0.6) is 5.75 Å². The fraction of sp³-hybridized carbons (Fsp3) is 0.533. The molecule has 0 aliphatic carbocycles. The average Bonchev–Trinajstić information content (AvgIpc) is 2.43. The summed E-state index contributed by atoms with van der Waals surface area (Å²) in [6, 6.07) is 7.96. The molecule has 2 N–H and O–H groups in total. The number of ether oxygens (including phenoxy) is 1. The Hall–Kier alpha value is -1.55. The average molecular weight is 264 g/mol. The Kier molecular flexibility index (Phi) is 5.83. The van der Waals surface area contributed by atoms with Gasteiger partial charge in [-0.3, -0.25) is 4.79 Å². The zero-order valence-electron chi connectivity index (χ0n) is 12.2. The van der Waals surface area contributed by atoms with E-state index >= 15 is 0 Å². The quantitative estimate of drug-likeness (QED) is 0.788. The number of likely N-dealkylation sites (N-methyl/N-ethyl adjacent to an activating group) is 1. The topological polar surface area (TPSA) is 50.4 Å². The molecule has 1 aromatic rings. The van der Waals surface area contributed by atoms with E-state index < -0.39 is 0 Å². The molecule has 0 radical (unpaired) electrons. The summed E-state index contributed by atoms with van der Waals surface area (Å²) >= 11 is 0. The molecule has 0 unspecified atom stereocenters. The zero-order chi connectivity index (χ0) is 14.3. The van der Waals surface area contributed by atoms with Crippen LogP contribution in [0.3, 0.4) is 0 Å². The van der Waals surface area contributed by atoms with Gasteiger partial charge < -0.3 is 15.4 Å². The predicted octanol–water partition coefficient (Wildman–Crippen LogP) is 1.70. The standard InChI is InChI=1S/C15H24N2O2/c1-5-16-10-14(18)17-11-15(2,3)12-6-8-13(19-4)9-7-12/h6-9,16H,5,10-11H2,1-4H3,(H,17,18). The van der Waals surface area contributed by atoms with Crippen LogP contribution in [0.25, 0.3) is 0 Å². The van der Waals surface area contributed by atoms with Crippen molar-refractivity contribution in [2.24, 2.45) is 0 Å². The summed E-state index contributed by atoms with van der Waals surface area (Å²) in [5.41, 5.74) is 1.07. The molecule has 0 aliphatic heterocycles. The summed E-state index contributed by atoms with van der Waals surface area (Å²) in [7, 11) is 1.65. The van der Waals surface area contributed by atoms with Crippen molar-refractivity contribution in [2.45, 2.75) is 26.2 Å². The normalized spacial score (nSPS) is 11.2. The van der Waals surface area contributed by atoms with E-state index in [-0.39, 0.29) is 11.3 Å². The lowest BCUT2D eigenvalue weighted by Crippen LogP contribution is -2.40. The predicted molar refractivity (Wildman–Crippen MR) is 77.6 cm³/mol. The first kappa shape index (κ1) is 15.5. The van der Waals surface area contributed by atoms with E-state index in [9.17, 15) is 4.79 Å². The minimum Gasteiger partial charge on any atom is -0.497 e. The summed E-state index contributed by atoms with van der Waals surface area (Å²) in [6.07, 6.45) is 0. The molecule has 0 bridgehead atoms. The molecule has 106 valence electrons. The van der Waals surface area contributed by atoms with Crippen molar-refractivity contribution in [1.82, 2.24) is 10.6 Å². The number of carbonyl (C=O) groups is 1. The van der Waals surface area contributed by atoms with Crippen LogP contribution in [-0.2, 0) is 10.2 Å². The van der Waals surface area contributed by atoms with Crippen molar-refractivity contribution in [3.63, 3.8) is 0 Å². The van der Waals surface area contributed by atoms with Crippen molar-refractivity contribution >= 4 is 5.91 Å². The van der Waals surface area contributed by atoms with E-state index in [1.807, 2.05) is 31.2 Å². The number of carbonyl (C=O) groups excluding carboxylic acids is 1. The Morgan fingerprint density at radius 1 is 1.26 bits per heavy atom. The Bertz CT molecular complexity index is 399. The first-order valence-electron chi connectivity index (χ1n) is 6.61. The van der Waals surface area contributed by atoms with Crippen LogP contribution in [0, 0.1) is 0 Å². The molecule has 1 rings (SSSR count). The first-order chi connectivity index (χ1) is 8.99. The number of hydrogen-bond donors (Lipinski definition) is 2. The van der Waals surface area contributed by atoms with Crippen LogP contribution < -0.4 is 15.4 Å². The van der Waals surface area contributed by atoms with Crippen molar-refractivity contribution < 1.29 is 9.53 Å². The van der Waals surface area contributed by atoms with E-state index in [4.69, 9.17) is 4.74 Å². The van der Waals surface area contributed by atoms with Crippen LogP contribution in [-0.4, -0.2) is 32.7 Å². The maximum Gasteiger partial charge on any atom is 0.233 e. The molecule has 0 atom stereocenters. The molecule has 0 aromatic heterocycles. The van der Waals surface area contributed by atoms with Gasteiger partial charge in [0.1, 0.15) is 5.75 Å². The third-order valence-corrected chi connectivity index (χ3v) is 3.13. The molecule has 0 aliphatic rings. The van der Waals surface area contributed by atoms with Crippen molar-refractivity contribution in [3.8, 4) is 5.75 Å². The molecule has 0 fully saturated rings. The highest BCUT2D eigenvalue weighted by molar-refractivity contribution is 5.78. The largest absolute Gasteiger partial charge is 0.497 e. The van der Waals surface area contributed by atoms with Gasteiger partial charge in [0, 0.05) is 12.0 Å². The highest BCUT2D eigenvalue weighted by Gasteiger charge is 2.21. The minimum absolute atomic E-state index is 0.0310. The van der Waals surface area contributed by atoms with Crippen LogP contribution in [0.1, 0.15) is 26.3 Å². The molecule has 1 aromatic carbocycles. The molecule has 1 amide bonds. The molecule has 4 heteroatoms. The molecule has 4 nitrogen and oxygen atoms in total. The van der Waals surface area contributed by atoms with E-state index in [0.29, 0.717) is 13.1 Å². The van der Waals surface area contributed by atoms with E-state index in [1.54, 1.807) is 7.11 Å². The van der Waals surface area contributed by atoms with Crippen LogP contribution in [0.2, 0.25) is 0 Å². The molecule has 0 saturated heterocycles. The first-order valence-corrected chi connectivity index (χ1v) is 6.61. The SMILES string of the molecule is CCNCC(=O)NCC(C)(C)c1ccc(OC)cc1. The van der Waals surface area contributed by atoms with Gasteiger partial charge in [0.2, 0.25) is 5.91 Å². The van der Waals surface area contributed by atoms with Gasteiger partial charge in [-0.25, -0.2) is 0 Å². The highest BCUT2D eigenvalue weighted by Crippen LogP contribution is 2.24.